The second kappa shape index (κ2) is 21.2. The number of rotatable bonds is 21. The molecule has 2 aliphatic rings. The highest BCUT2D eigenvalue weighted by atomic mass is 32.2. The van der Waals surface area contributed by atoms with Gasteiger partial charge in [0.1, 0.15) is 28.5 Å². The number of hydrogen-bond donors (Lipinski definition) is 4. The second-order valence-corrected chi connectivity index (χ2v) is 23.3. The van der Waals surface area contributed by atoms with Crippen molar-refractivity contribution in [2.75, 3.05) is 19.3 Å². The van der Waals surface area contributed by atoms with Crippen molar-refractivity contribution in [3.8, 4) is 16.6 Å². The number of likely N-dealkylation sites (N-methyl/N-ethyl adjacent to an activating group) is 1. The minimum Gasteiger partial charge on any atom is -0.460 e. The van der Waals surface area contributed by atoms with E-state index < -0.39 is 51.5 Å². The molecule has 15 nitrogen and oxygen atoms in total. The van der Waals surface area contributed by atoms with Gasteiger partial charge >= 0.3 is 6.09 Å². The number of hydrogen-bond acceptors (Lipinski definition) is 12. The number of alkyl carbamates (subject to hydrolysis) is 1. The number of unbranched alkanes of at least 4 members (excludes halogenated alkanes) is 5. The fourth-order valence-electron chi connectivity index (χ4n) is 8.68. The smallest absolute Gasteiger partial charge is 0.408 e. The zero-order valence-corrected chi connectivity index (χ0v) is 41.9. The van der Waals surface area contributed by atoms with Crippen LogP contribution in [0, 0.1) is 17.3 Å². The zero-order chi connectivity index (χ0) is 47.3. The van der Waals surface area contributed by atoms with Crippen molar-refractivity contribution in [1.29, 1.82) is 0 Å². The summed E-state index contributed by atoms with van der Waals surface area (Å²) in [6.45, 7) is 21.8. The summed E-state index contributed by atoms with van der Waals surface area (Å²) in [6, 6.07) is 5.00. The molecule has 0 radical (unpaired) electrons. The molecule has 5 rings (SSSR count). The summed E-state index contributed by atoms with van der Waals surface area (Å²) in [7, 11) is -2.02. The Labute approximate surface area is 385 Å². The number of sulfonamides is 1. The Balaban J connectivity index is 1.26. The summed E-state index contributed by atoms with van der Waals surface area (Å²) in [5, 5.41) is 18.4. The lowest BCUT2D eigenvalue weighted by Gasteiger charge is -2.40. The van der Waals surface area contributed by atoms with Gasteiger partial charge in [-0.15, -0.1) is 11.3 Å². The van der Waals surface area contributed by atoms with E-state index in [1.807, 2.05) is 39.8 Å². The van der Waals surface area contributed by atoms with Crippen LogP contribution in [0.4, 0.5) is 4.79 Å². The van der Waals surface area contributed by atoms with Gasteiger partial charge in [0.25, 0.3) is 6.01 Å². The molecule has 17 heteroatoms. The third kappa shape index (κ3) is 13.2. The molecule has 3 amide bonds. The van der Waals surface area contributed by atoms with Gasteiger partial charge in [-0.25, -0.2) is 18.2 Å². The first-order chi connectivity index (χ1) is 29.9. The highest BCUT2D eigenvalue weighted by Gasteiger charge is 2.47. The van der Waals surface area contributed by atoms with Crippen LogP contribution in [0.15, 0.2) is 18.2 Å². The van der Waals surface area contributed by atoms with E-state index in [9.17, 15) is 27.9 Å². The van der Waals surface area contributed by atoms with E-state index >= 15 is 0 Å². The fourth-order valence-corrected chi connectivity index (χ4v) is 11.1. The van der Waals surface area contributed by atoms with E-state index in [1.54, 1.807) is 44.1 Å². The zero-order valence-electron chi connectivity index (χ0n) is 40.2. The van der Waals surface area contributed by atoms with Crippen LogP contribution in [-0.4, -0.2) is 100 Å². The van der Waals surface area contributed by atoms with Crippen LogP contribution in [0.2, 0.25) is 0 Å². The minimum atomic E-state index is -3.59. The Hall–Kier alpha value is -3.80. The quantitative estimate of drug-likeness (QED) is 0.0755. The molecule has 2 aromatic heterocycles. The fraction of sp³-hybridized carbons (Fsp3) is 0.723. The second-order valence-electron chi connectivity index (χ2n) is 20.4. The molecule has 4 N–H and O–H groups in total. The highest BCUT2D eigenvalue weighted by molar-refractivity contribution is 7.90. The summed E-state index contributed by atoms with van der Waals surface area (Å²) in [4.78, 5) is 51.8. The first kappa shape index (κ1) is 51.2. The molecule has 6 unspecified atom stereocenters. The molecular weight excluding hydrogens is 855 g/mol. The van der Waals surface area contributed by atoms with Crippen LogP contribution in [0.25, 0.3) is 21.6 Å². The number of aliphatic hydroxyl groups is 1. The van der Waals surface area contributed by atoms with Gasteiger partial charge in [0.15, 0.2) is 0 Å². The number of carbonyl (C=O) groups excluding carboxylic acids is 3. The third-order valence-electron chi connectivity index (χ3n) is 12.2. The van der Waals surface area contributed by atoms with Crippen LogP contribution >= 0.6 is 11.3 Å². The Bertz CT molecular complexity index is 2190. The molecule has 1 saturated carbocycles. The average Bonchev–Trinajstić information content (AvgIpc) is 3.47. The van der Waals surface area contributed by atoms with Crippen LogP contribution in [0.5, 0.6) is 6.01 Å². The summed E-state index contributed by atoms with van der Waals surface area (Å²) in [5.74, 6) is -0.224. The predicted molar refractivity (Wildman–Crippen MR) is 253 cm³/mol. The van der Waals surface area contributed by atoms with E-state index in [4.69, 9.17) is 19.4 Å². The number of fused-ring (bicyclic) bond motifs is 1. The first-order valence-corrected chi connectivity index (χ1v) is 25.8. The molecule has 1 aromatic carbocycles. The van der Waals surface area contributed by atoms with Crippen molar-refractivity contribution in [2.24, 2.45) is 17.3 Å². The number of aryl methyl sites for hydroxylation is 1. The number of nitrogens with zero attached hydrogens (tertiary/aromatic N) is 4. The summed E-state index contributed by atoms with van der Waals surface area (Å²) in [6.07, 6.45) is 5.80. The summed E-state index contributed by atoms with van der Waals surface area (Å²) in [5.41, 5.74) is 2.35. The Morgan fingerprint density at radius 1 is 0.953 bits per heavy atom. The Morgan fingerprint density at radius 2 is 1.62 bits per heavy atom. The van der Waals surface area contributed by atoms with Gasteiger partial charge in [0, 0.05) is 42.4 Å². The molecule has 3 heterocycles. The maximum atomic E-state index is 13.3. The molecule has 1 aliphatic heterocycles. The number of benzene rings is 1. The number of thiazole rings is 1. The highest BCUT2D eigenvalue weighted by Crippen LogP contribution is 2.42. The molecule has 1 aliphatic carbocycles. The van der Waals surface area contributed by atoms with Gasteiger partial charge < -0.3 is 25.2 Å². The van der Waals surface area contributed by atoms with Gasteiger partial charge in [0.2, 0.25) is 21.8 Å². The number of aliphatic hydroxyl groups excluding tert-OH is 1. The SMILES string of the molecule is CCC1CC1C(=O)NS(=O)(=O)CCCCCCCCc1sc(-c2cccc3c2nc(OC2CC(C(=O)NC)N(C(O)C(NC(=O)OC(C)(C)C)C(C)(C)C)C2)n3C(C)C)nc1C(C)C. The van der Waals surface area contributed by atoms with E-state index in [0.29, 0.717) is 24.8 Å². The number of ether oxygens (including phenoxy) is 2. The van der Waals surface area contributed by atoms with Gasteiger partial charge in [-0.05, 0) is 89.7 Å². The van der Waals surface area contributed by atoms with Crippen molar-refractivity contribution >= 4 is 50.3 Å². The minimum absolute atomic E-state index is 0.0132. The number of likely N-dealkylation sites (tertiary alicyclic amines) is 1. The van der Waals surface area contributed by atoms with E-state index in [2.05, 4.69) is 53.7 Å². The number of nitrogens with one attached hydrogen (secondary N) is 3. The predicted octanol–water partition coefficient (Wildman–Crippen LogP) is 8.06. The number of aromatic nitrogens is 3. The van der Waals surface area contributed by atoms with Gasteiger partial charge in [0.05, 0.1) is 29.0 Å². The molecule has 358 valence electrons. The summed E-state index contributed by atoms with van der Waals surface area (Å²) >= 11 is 1.70. The monoisotopic (exact) mass is 930 g/mol. The van der Waals surface area contributed by atoms with Crippen molar-refractivity contribution in [3.63, 3.8) is 0 Å². The van der Waals surface area contributed by atoms with Crippen LogP contribution in [0.1, 0.15) is 156 Å². The lowest BCUT2D eigenvalue weighted by molar-refractivity contribution is -0.131. The number of carbonyl (C=O) groups is 3. The van der Waals surface area contributed by atoms with Crippen LogP contribution in [0.3, 0.4) is 0 Å². The number of para-hydroxylation sites is 1. The molecule has 0 spiro atoms. The van der Waals surface area contributed by atoms with Crippen molar-refractivity contribution in [1.82, 2.24) is 34.8 Å². The van der Waals surface area contributed by atoms with Crippen molar-refractivity contribution in [2.45, 2.75) is 182 Å². The van der Waals surface area contributed by atoms with Gasteiger partial charge in [-0.1, -0.05) is 79.7 Å². The van der Waals surface area contributed by atoms with E-state index in [1.165, 1.54) is 4.88 Å². The van der Waals surface area contributed by atoms with Gasteiger partial charge in [-0.3, -0.25) is 23.8 Å². The maximum absolute atomic E-state index is 13.3. The number of imidazole rings is 1. The third-order valence-corrected chi connectivity index (χ3v) is 14.7. The maximum Gasteiger partial charge on any atom is 0.408 e. The first-order valence-electron chi connectivity index (χ1n) is 23.3. The van der Waals surface area contributed by atoms with Crippen LogP contribution in [-0.2, 0) is 30.8 Å². The molecule has 3 aromatic rings. The molecule has 1 saturated heterocycles. The van der Waals surface area contributed by atoms with Crippen LogP contribution < -0.4 is 20.1 Å². The largest absolute Gasteiger partial charge is 0.460 e. The van der Waals surface area contributed by atoms with E-state index in [0.717, 1.165) is 78.7 Å². The lowest BCUT2D eigenvalue weighted by atomic mass is 9.85. The Kier molecular flexibility index (Phi) is 17.0. The molecule has 0 bridgehead atoms. The van der Waals surface area contributed by atoms with Crippen molar-refractivity contribution in [3.05, 3.63) is 28.8 Å². The Morgan fingerprint density at radius 3 is 2.22 bits per heavy atom. The van der Waals surface area contributed by atoms with Gasteiger partial charge in [-0.2, -0.15) is 4.98 Å². The normalized spacial score (nSPS) is 20.4. The lowest BCUT2D eigenvalue weighted by Crippen LogP contribution is -2.60. The van der Waals surface area contributed by atoms with Crippen molar-refractivity contribution < 1.29 is 37.4 Å². The topological polar surface area (TPSA) is 194 Å². The standard InChI is InChI=1S/C47H75N7O8S2/c1-13-30-25-33(30)40(55)52-64(59,60)24-19-17-15-14-16-18-23-36-37(28(2)3)49-42(63-36)32-21-20-22-34-38(32)50-44(54(34)29(4)5)61-31-26-35(41(56)48-12)53(27-31)43(57)39(46(6,7)8)51-45(58)62-47(9,10)11/h20-22,28-31,33,35,39,43,57H,13-19,23-27H2,1-12H3,(H,48,56)(H,51,58)(H,52,55). The molecule has 64 heavy (non-hydrogen) atoms. The summed E-state index contributed by atoms with van der Waals surface area (Å²) < 4.78 is 41.5. The average molecular weight is 930 g/mol. The number of amides is 3. The van der Waals surface area contributed by atoms with E-state index in [-0.39, 0.29) is 42.0 Å². The molecule has 2 fully saturated rings. The molecule has 6 atom stereocenters. The molecular formula is C47H75N7O8S2.